The first-order chi connectivity index (χ1) is 11.2. The molecule has 2 heterocycles. The van der Waals surface area contributed by atoms with E-state index in [9.17, 15) is 4.79 Å². The number of nitrogens with zero attached hydrogens (tertiary/aromatic N) is 2. The maximum atomic E-state index is 12.2. The first-order valence-corrected chi connectivity index (χ1v) is 8.11. The number of benzene rings is 2. The van der Waals surface area contributed by atoms with Gasteiger partial charge in [0.1, 0.15) is 5.69 Å². The lowest BCUT2D eigenvalue weighted by Gasteiger charge is -2.00. The second-order valence-corrected chi connectivity index (χ2v) is 6.43. The van der Waals surface area contributed by atoms with E-state index in [4.69, 9.17) is 11.6 Å². The fraction of sp³-hybridized carbons (Fsp3) is 0. The van der Waals surface area contributed by atoms with Gasteiger partial charge in [-0.3, -0.25) is 15.1 Å². The van der Waals surface area contributed by atoms with Gasteiger partial charge < -0.3 is 0 Å². The molecule has 0 saturated carbocycles. The number of rotatable bonds is 2. The van der Waals surface area contributed by atoms with Gasteiger partial charge in [-0.25, -0.2) is 4.98 Å². The summed E-state index contributed by atoms with van der Waals surface area (Å²) in [6, 6.07) is 15.3. The Labute approximate surface area is 140 Å². The molecule has 23 heavy (non-hydrogen) atoms. The summed E-state index contributed by atoms with van der Waals surface area (Å²) in [6.45, 7) is 0. The van der Waals surface area contributed by atoms with Crippen molar-refractivity contribution in [2.24, 2.45) is 0 Å². The van der Waals surface area contributed by atoms with Crippen LogP contribution in [0.15, 0.2) is 54.7 Å². The lowest BCUT2D eigenvalue weighted by molar-refractivity contribution is 0.102. The minimum Gasteiger partial charge on any atom is -0.296 e. The Hall–Kier alpha value is -2.50. The summed E-state index contributed by atoms with van der Waals surface area (Å²) in [6.07, 6.45) is 1.50. The van der Waals surface area contributed by atoms with Crippen LogP contribution in [0.4, 0.5) is 5.13 Å². The molecule has 0 atom stereocenters. The summed E-state index contributed by atoms with van der Waals surface area (Å²) in [7, 11) is 0. The highest BCUT2D eigenvalue weighted by Crippen LogP contribution is 2.31. The van der Waals surface area contributed by atoms with Gasteiger partial charge in [-0.2, -0.15) is 0 Å². The summed E-state index contributed by atoms with van der Waals surface area (Å²) < 4.78 is 1.03. The third-order valence-corrected chi connectivity index (χ3v) is 4.63. The van der Waals surface area contributed by atoms with Crippen molar-refractivity contribution < 1.29 is 4.79 Å². The van der Waals surface area contributed by atoms with Crippen molar-refractivity contribution in [2.75, 3.05) is 5.32 Å². The first-order valence-electron chi connectivity index (χ1n) is 6.92. The van der Waals surface area contributed by atoms with Crippen LogP contribution >= 0.6 is 22.9 Å². The molecule has 4 nitrogen and oxygen atoms in total. The lowest BCUT2D eigenvalue weighted by Crippen LogP contribution is -2.13. The summed E-state index contributed by atoms with van der Waals surface area (Å²) in [4.78, 5) is 20.8. The molecule has 2 aromatic heterocycles. The molecule has 4 aromatic rings. The third kappa shape index (κ3) is 2.65. The Kier molecular flexibility index (Phi) is 3.44. The maximum Gasteiger partial charge on any atom is 0.276 e. The third-order valence-electron chi connectivity index (χ3n) is 3.46. The number of hydrogen-bond donors (Lipinski definition) is 1. The molecule has 4 rings (SSSR count). The quantitative estimate of drug-likeness (QED) is 0.573. The zero-order chi connectivity index (χ0) is 15.8. The SMILES string of the molecule is O=C(Nc1nc2c(ccc3ccccc32)s1)c1cc(Cl)ccn1. The van der Waals surface area contributed by atoms with Gasteiger partial charge in [0.25, 0.3) is 5.91 Å². The van der Waals surface area contributed by atoms with E-state index < -0.39 is 0 Å². The van der Waals surface area contributed by atoms with Crippen LogP contribution in [-0.4, -0.2) is 15.9 Å². The molecule has 0 bridgehead atoms. The molecule has 0 spiro atoms. The molecule has 0 saturated heterocycles. The van der Waals surface area contributed by atoms with E-state index in [-0.39, 0.29) is 11.6 Å². The van der Waals surface area contributed by atoms with Crippen LogP contribution < -0.4 is 5.32 Å². The number of thiazole rings is 1. The number of anilines is 1. The van der Waals surface area contributed by atoms with Crippen molar-refractivity contribution in [3.05, 3.63) is 65.4 Å². The zero-order valence-corrected chi connectivity index (χ0v) is 13.4. The van der Waals surface area contributed by atoms with Gasteiger partial charge in [0.2, 0.25) is 0 Å². The predicted octanol–water partition coefficient (Wildman–Crippen LogP) is 4.75. The van der Waals surface area contributed by atoms with Crippen LogP contribution in [0.3, 0.4) is 0 Å². The molecule has 0 aliphatic heterocycles. The Morgan fingerprint density at radius 3 is 2.87 bits per heavy atom. The van der Waals surface area contributed by atoms with Gasteiger partial charge in [0.05, 0.1) is 10.2 Å². The average molecular weight is 340 g/mol. The van der Waals surface area contributed by atoms with Crippen LogP contribution in [0, 0.1) is 0 Å². The van der Waals surface area contributed by atoms with E-state index in [1.54, 1.807) is 6.07 Å². The van der Waals surface area contributed by atoms with E-state index in [1.165, 1.54) is 23.6 Å². The number of carbonyl (C=O) groups is 1. The topological polar surface area (TPSA) is 54.9 Å². The lowest BCUT2D eigenvalue weighted by atomic mass is 10.1. The summed E-state index contributed by atoms with van der Waals surface area (Å²) >= 11 is 7.32. The zero-order valence-electron chi connectivity index (χ0n) is 11.8. The second kappa shape index (κ2) is 5.61. The van der Waals surface area contributed by atoms with Gasteiger partial charge in [0.15, 0.2) is 5.13 Å². The number of amides is 1. The van der Waals surface area contributed by atoms with Crippen LogP contribution in [0.5, 0.6) is 0 Å². The molecule has 0 aliphatic carbocycles. The number of aromatic nitrogens is 2. The van der Waals surface area contributed by atoms with E-state index in [0.29, 0.717) is 10.2 Å². The van der Waals surface area contributed by atoms with Gasteiger partial charge in [-0.05, 0) is 23.6 Å². The molecule has 1 amide bonds. The van der Waals surface area contributed by atoms with Gasteiger partial charge in [-0.1, -0.05) is 53.3 Å². The number of nitrogens with one attached hydrogen (secondary N) is 1. The number of pyridine rings is 1. The normalized spacial score (nSPS) is 11.0. The van der Waals surface area contributed by atoms with E-state index in [1.807, 2.05) is 30.3 Å². The van der Waals surface area contributed by atoms with Crippen molar-refractivity contribution in [2.45, 2.75) is 0 Å². The Morgan fingerprint density at radius 2 is 2.00 bits per heavy atom. The Morgan fingerprint density at radius 1 is 1.13 bits per heavy atom. The maximum absolute atomic E-state index is 12.2. The van der Waals surface area contributed by atoms with Crippen molar-refractivity contribution in [3.63, 3.8) is 0 Å². The van der Waals surface area contributed by atoms with E-state index in [0.717, 1.165) is 21.0 Å². The number of halogens is 1. The summed E-state index contributed by atoms with van der Waals surface area (Å²) in [5, 5.41) is 6.00. The largest absolute Gasteiger partial charge is 0.296 e. The molecular formula is C17H10ClN3OS. The van der Waals surface area contributed by atoms with Crippen LogP contribution in [0.1, 0.15) is 10.5 Å². The van der Waals surface area contributed by atoms with E-state index >= 15 is 0 Å². The molecule has 112 valence electrons. The highest BCUT2D eigenvalue weighted by molar-refractivity contribution is 7.22. The van der Waals surface area contributed by atoms with Gasteiger partial charge >= 0.3 is 0 Å². The first kappa shape index (κ1) is 14.1. The van der Waals surface area contributed by atoms with Crippen LogP contribution in [0.2, 0.25) is 5.02 Å². The minimum absolute atomic E-state index is 0.265. The van der Waals surface area contributed by atoms with Crippen molar-refractivity contribution >= 4 is 55.0 Å². The van der Waals surface area contributed by atoms with Crippen LogP contribution in [0.25, 0.3) is 21.0 Å². The highest BCUT2D eigenvalue weighted by Gasteiger charge is 2.12. The molecule has 0 aliphatic rings. The molecular weight excluding hydrogens is 330 g/mol. The average Bonchev–Trinajstić information content (AvgIpc) is 2.97. The number of carbonyl (C=O) groups excluding carboxylic acids is 1. The van der Waals surface area contributed by atoms with Crippen molar-refractivity contribution in [1.82, 2.24) is 9.97 Å². The Bertz CT molecular complexity index is 1040. The monoisotopic (exact) mass is 339 g/mol. The van der Waals surface area contributed by atoms with Gasteiger partial charge in [-0.15, -0.1) is 0 Å². The van der Waals surface area contributed by atoms with Crippen molar-refractivity contribution in [3.8, 4) is 0 Å². The second-order valence-electron chi connectivity index (χ2n) is 4.97. The molecule has 0 radical (unpaired) electrons. The standard InChI is InChI=1S/C17H10ClN3OS/c18-11-7-8-19-13(9-11)16(22)21-17-20-15-12-4-2-1-3-10(12)5-6-14(15)23-17/h1-9H,(H,20,21,22). The van der Waals surface area contributed by atoms with E-state index in [2.05, 4.69) is 21.4 Å². The smallest absolute Gasteiger partial charge is 0.276 e. The van der Waals surface area contributed by atoms with Crippen molar-refractivity contribution in [1.29, 1.82) is 0 Å². The molecule has 1 N–H and O–H groups in total. The summed E-state index contributed by atoms with van der Waals surface area (Å²) in [5.74, 6) is -0.323. The number of hydrogen-bond acceptors (Lipinski definition) is 4. The molecule has 6 heteroatoms. The molecule has 0 unspecified atom stereocenters. The fourth-order valence-electron chi connectivity index (χ4n) is 2.40. The number of fused-ring (bicyclic) bond motifs is 3. The highest BCUT2D eigenvalue weighted by atomic mass is 35.5. The molecule has 0 fully saturated rings. The minimum atomic E-state index is -0.323. The van der Waals surface area contributed by atoms with Gasteiger partial charge in [0, 0.05) is 16.6 Å². The summed E-state index contributed by atoms with van der Waals surface area (Å²) in [5.41, 5.74) is 1.16. The molecule has 2 aromatic carbocycles. The predicted molar refractivity (Wildman–Crippen MR) is 94.3 cm³/mol. The fourth-order valence-corrected chi connectivity index (χ4v) is 3.44. The van der Waals surface area contributed by atoms with Crippen LogP contribution in [-0.2, 0) is 0 Å². The Balaban J connectivity index is 1.72.